The molecule has 2 heterocycles. The van der Waals surface area contributed by atoms with E-state index in [0.717, 1.165) is 41.5 Å². The number of fused-ring (bicyclic) bond motifs is 5. The molecule has 2 saturated heterocycles. The van der Waals surface area contributed by atoms with E-state index in [1.165, 1.54) is 0 Å². The van der Waals surface area contributed by atoms with Crippen molar-refractivity contribution in [1.82, 2.24) is 10.0 Å². The molecule has 2 amide bonds. The van der Waals surface area contributed by atoms with E-state index in [-0.39, 0.29) is 23.9 Å². The lowest BCUT2D eigenvalue weighted by Gasteiger charge is -2.31. The monoisotopic (exact) mass is 380 g/mol. The molecule has 2 aromatic carbocycles. The average Bonchev–Trinajstić information content (AvgIpc) is 3.33. The van der Waals surface area contributed by atoms with Crippen molar-refractivity contribution in [2.24, 2.45) is 0 Å². The van der Waals surface area contributed by atoms with Crippen LogP contribution in [0.1, 0.15) is 36.0 Å². The Morgan fingerprint density at radius 1 is 0.926 bits per heavy atom. The summed E-state index contributed by atoms with van der Waals surface area (Å²) < 4.78 is 0. The molecular formula is C22H21ClN2O2. The van der Waals surface area contributed by atoms with Crippen LogP contribution in [0.15, 0.2) is 42.5 Å². The molecule has 5 rings (SSSR count). The minimum absolute atomic E-state index is 0.117. The molecule has 1 aliphatic carbocycles. The van der Waals surface area contributed by atoms with Gasteiger partial charge in [-0.25, -0.2) is 10.0 Å². The third kappa shape index (κ3) is 2.10. The van der Waals surface area contributed by atoms with Crippen LogP contribution < -0.4 is 0 Å². The SMILES string of the molecule is Cc1cc(C)c(C2(Cl)C(=O)N3C4CCC(C4)N3C2=O)cc1-c1ccccc1. The van der Waals surface area contributed by atoms with Gasteiger partial charge in [0, 0.05) is 0 Å². The van der Waals surface area contributed by atoms with Gasteiger partial charge < -0.3 is 0 Å². The summed E-state index contributed by atoms with van der Waals surface area (Å²) in [5.41, 5.74) is 4.63. The van der Waals surface area contributed by atoms with Crippen LogP contribution >= 0.6 is 11.6 Å². The van der Waals surface area contributed by atoms with Crippen molar-refractivity contribution in [1.29, 1.82) is 0 Å². The third-order valence-corrected chi connectivity index (χ3v) is 6.86. The fourth-order valence-corrected chi connectivity index (χ4v) is 5.42. The van der Waals surface area contributed by atoms with Gasteiger partial charge in [0.05, 0.1) is 12.1 Å². The van der Waals surface area contributed by atoms with Crippen molar-refractivity contribution >= 4 is 23.4 Å². The molecule has 3 aliphatic rings. The van der Waals surface area contributed by atoms with E-state index in [2.05, 4.69) is 0 Å². The van der Waals surface area contributed by atoms with E-state index < -0.39 is 4.87 Å². The summed E-state index contributed by atoms with van der Waals surface area (Å²) in [7, 11) is 0. The first-order valence-electron chi connectivity index (χ1n) is 9.46. The Bertz CT molecular complexity index is 944. The van der Waals surface area contributed by atoms with Gasteiger partial charge in [0.25, 0.3) is 11.8 Å². The molecule has 0 aromatic heterocycles. The number of hydrogen-bond donors (Lipinski definition) is 0. The fraction of sp³-hybridized carbons (Fsp3) is 0.364. The zero-order valence-electron chi connectivity index (χ0n) is 15.4. The third-order valence-electron chi connectivity index (χ3n) is 6.33. The lowest BCUT2D eigenvalue weighted by atomic mass is 9.87. The van der Waals surface area contributed by atoms with Gasteiger partial charge >= 0.3 is 0 Å². The lowest BCUT2D eigenvalue weighted by molar-refractivity contribution is -0.150. The molecule has 138 valence electrons. The van der Waals surface area contributed by atoms with Crippen LogP contribution in [-0.2, 0) is 14.5 Å². The van der Waals surface area contributed by atoms with Gasteiger partial charge in [0.15, 0.2) is 0 Å². The first-order chi connectivity index (χ1) is 12.9. The number of hydrazine groups is 1. The molecule has 2 aliphatic heterocycles. The summed E-state index contributed by atoms with van der Waals surface area (Å²) in [4.78, 5) is 25.0. The Balaban J connectivity index is 1.66. The maximum absolute atomic E-state index is 13.3. The number of halogens is 1. The van der Waals surface area contributed by atoms with Crippen LogP contribution in [0, 0.1) is 13.8 Å². The molecule has 4 nitrogen and oxygen atoms in total. The number of nitrogens with zero attached hydrogens (tertiary/aromatic N) is 2. The van der Waals surface area contributed by atoms with E-state index in [1.807, 2.05) is 56.3 Å². The summed E-state index contributed by atoms with van der Waals surface area (Å²) in [6.45, 7) is 3.97. The van der Waals surface area contributed by atoms with E-state index in [1.54, 1.807) is 10.0 Å². The highest BCUT2D eigenvalue weighted by molar-refractivity contribution is 6.47. The van der Waals surface area contributed by atoms with Crippen LogP contribution in [-0.4, -0.2) is 33.9 Å². The summed E-state index contributed by atoms with van der Waals surface area (Å²) in [5, 5.41) is 3.29. The predicted molar refractivity (Wildman–Crippen MR) is 104 cm³/mol. The Morgan fingerprint density at radius 2 is 1.52 bits per heavy atom. The molecule has 1 saturated carbocycles. The predicted octanol–water partition coefficient (Wildman–Crippen LogP) is 3.93. The van der Waals surface area contributed by atoms with Crippen LogP contribution in [0.3, 0.4) is 0 Å². The van der Waals surface area contributed by atoms with Gasteiger partial charge in [0.1, 0.15) is 0 Å². The normalized spacial score (nSPS) is 29.0. The zero-order chi connectivity index (χ0) is 18.9. The number of rotatable bonds is 2. The molecule has 27 heavy (non-hydrogen) atoms. The van der Waals surface area contributed by atoms with Crippen molar-refractivity contribution in [3.05, 3.63) is 59.2 Å². The molecule has 0 spiro atoms. The van der Waals surface area contributed by atoms with Crippen molar-refractivity contribution in [2.75, 3.05) is 0 Å². The van der Waals surface area contributed by atoms with Crippen molar-refractivity contribution in [3.63, 3.8) is 0 Å². The fourth-order valence-electron chi connectivity index (χ4n) is 5.05. The summed E-state index contributed by atoms with van der Waals surface area (Å²) in [6, 6.07) is 14.2. The number of carbonyl (C=O) groups is 2. The van der Waals surface area contributed by atoms with Crippen molar-refractivity contribution < 1.29 is 9.59 Å². The van der Waals surface area contributed by atoms with E-state index >= 15 is 0 Å². The number of benzene rings is 2. The summed E-state index contributed by atoms with van der Waals surface area (Å²) >= 11 is 6.89. The second-order valence-electron chi connectivity index (χ2n) is 7.93. The minimum Gasteiger partial charge on any atom is -0.270 e. The van der Waals surface area contributed by atoms with Crippen LogP contribution in [0.4, 0.5) is 0 Å². The Morgan fingerprint density at radius 3 is 2.11 bits per heavy atom. The molecule has 2 atom stereocenters. The average molecular weight is 381 g/mol. The van der Waals surface area contributed by atoms with Crippen molar-refractivity contribution in [3.8, 4) is 11.1 Å². The van der Waals surface area contributed by atoms with Gasteiger partial charge in [-0.05, 0) is 67.0 Å². The van der Waals surface area contributed by atoms with Gasteiger partial charge in [-0.2, -0.15) is 0 Å². The maximum atomic E-state index is 13.3. The summed E-state index contributed by atoms with van der Waals surface area (Å²) in [5.74, 6) is -0.570. The number of amides is 2. The van der Waals surface area contributed by atoms with Crippen LogP contribution in [0.5, 0.6) is 0 Å². The standard InChI is InChI=1S/C22H21ClN2O2/c1-13-10-14(2)19(12-18(13)15-6-4-3-5-7-15)22(23)20(26)24-16-8-9-17(11-16)25(24)21(22)27/h3-7,10,12,16-17H,8-9,11H2,1-2H3. The lowest BCUT2D eigenvalue weighted by Crippen LogP contribution is -2.45. The van der Waals surface area contributed by atoms with Crippen LogP contribution in [0.2, 0.25) is 0 Å². The Labute approximate surface area is 163 Å². The van der Waals surface area contributed by atoms with Gasteiger partial charge in [-0.15, -0.1) is 0 Å². The highest BCUT2D eigenvalue weighted by Gasteiger charge is 2.66. The molecule has 2 bridgehead atoms. The van der Waals surface area contributed by atoms with E-state index in [9.17, 15) is 9.59 Å². The summed E-state index contributed by atoms with van der Waals surface area (Å²) in [6.07, 6.45) is 2.79. The molecule has 5 heteroatoms. The molecule has 3 fully saturated rings. The number of carbonyl (C=O) groups excluding carboxylic acids is 2. The topological polar surface area (TPSA) is 40.6 Å². The number of hydrogen-bond acceptors (Lipinski definition) is 2. The highest BCUT2D eigenvalue weighted by atomic mass is 35.5. The largest absolute Gasteiger partial charge is 0.277 e. The first-order valence-corrected chi connectivity index (χ1v) is 9.84. The second-order valence-corrected chi connectivity index (χ2v) is 8.49. The van der Waals surface area contributed by atoms with Crippen molar-refractivity contribution in [2.45, 2.75) is 50.1 Å². The minimum atomic E-state index is -1.65. The first kappa shape index (κ1) is 16.8. The van der Waals surface area contributed by atoms with Crippen LogP contribution in [0.25, 0.3) is 11.1 Å². The van der Waals surface area contributed by atoms with E-state index in [4.69, 9.17) is 11.6 Å². The van der Waals surface area contributed by atoms with Gasteiger partial charge in [-0.1, -0.05) is 48.0 Å². The Hall–Kier alpha value is -2.33. The second kappa shape index (κ2) is 5.59. The van der Waals surface area contributed by atoms with Gasteiger partial charge in [0.2, 0.25) is 4.87 Å². The smallest absolute Gasteiger partial charge is 0.270 e. The van der Waals surface area contributed by atoms with Gasteiger partial charge in [-0.3, -0.25) is 9.59 Å². The Kier molecular flexibility index (Phi) is 3.48. The molecule has 0 radical (unpaired) electrons. The molecular weight excluding hydrogens is 360 g/mol. The highest BCUT2D eigenvalue weighted by Crippen LogP contribution is 2.50. The quantitative estimate of drug-likeness (QED) is 0.585. The van der Waals surface area contributed by atoms with E-state index in [0.29, 0.717) is 5.56 Å². The molecule has 2 unspecified atom stereocenters. The molecule has 0 N–H and O–H groups in total. The maximum Gasteiger partial charge on any atom is 0.277 e. The zero-order valence-corrected chi connectivity index (χ0v) is 16.2. The number of alkyl halides is 1. The number of aryl methyl sites for hydroxylation is 2. The molecule has 2 aromatic rings.